The third kappa shape index (κ3) is 3.99. The Bertz CT molecular complexity index is 580. The first-order valence-corrected chi connectivity index (χ1v) is 6.93. The molecule has 0 unspecified atom stereocenters. The Morgan fingerprint density at radius 3 is 2.50 bits per heavy atom. The summed E-state index contributed by atoms with van der Waals surface area (Å²) in [6.45, 7) is 0. The summed E-state index contributed by atoms with van der Waals surface area (Å²) in [5.74, 6) is -1.43. The number of rotatable bonds is 6. The summed E-state index contributed by atoms with van der Waals surface area (Å²) in [5, 5.41) is 11.4. The van der Waals surface area contributed by atoms with Crippen molar-refractivity contribution in [3.05, 3.63) is 35.4 Å². The van der Waals surface area contributed by atoms with Crippen molar-refractivity contribution in [2.45, 2.75) is 43.8 Å². The molecule has 0 bridgehead atoms. The monoisotopic (exact) mass is 315 g/mol. The molecule has 1 fully saturated rings. The van der Waals surface area contributed by atoms with Gasteiger partial charge in [0.05, 0.1) is 5.56 Å². The molecule has 1 saturated carbocycles. The second kappa shape index (κ2) is 5.98. The number of benzene rings is 1. The molecule has 0 aliphatic heterocycles. The maximum absolute atomic E-state index is 12.6. The van der Waals surface area contributed by atoms with E-state index < -0.39 is 23.2 Å². The van der Waals surface area contributed by atoms with Crippen LogP contribution in [0.2, 0.25) is 0 Å². The average Bonchev–Trinajstić information content (AvgIpc) is 3.19. The number of carbonyl (C=O) groups is 2. The van der Waals surface area contributed by atoms with Gasteiger partial charge in [0, 0.05) is 6.42 Å². The zero-order valence-corrected chi connectivity index (χ0v) is 11.7. The first-order chi connectivity index (χ1) is 10.2. The van der Waals surface area contributed by atoms with Gasteiger partial charge in [0.15, 0.2) is 0 Å². The largest absolute Gasteiger partial charge is 0.480 e. The number of halogens is 3. The molecular formula is C15H16F3NO3. The number of nitrogens with one attached hydrogen (secondary N) is 1. The number of carboxylic acids is 1. The summed E-state index contributed by atoms with van der Waals surface area (Å²) in [7, 11) is 0. The second-order valence-electron chi connectivity index (χ2n) is 5.49. The fourth-order valence-corrected chi connectivity index (χ4v) is 2.20. The first-order valence-electron chi connectivity index (χ1n) is 6.93. The molecule has 0 saturated heterocycles. The number of amides is 1. The lowest BCUT2D eigenvalue weighted by Gasteiger charge is -2.12. The molecule has 1 aromatic rings. The van der Waals surface area contributed by atoms with Crippen LogP contribution in [0, 0.1) is 0 Å². The average molecular weight is 315 g/mol. The van der Waals surface area contributed by atoms with Crippen LogP contribution in [0.4, 0.5) is 13.2 Å². The van der Waals surface area contributed by atoms with E-state index in [2.05, 4.69) is 5.32 Å². The number of hydrogen-bond acceptors (Lipinski definition) is 2. The van der Waals surface area contributed by atoms with E-state index in [9.17, 15) is 22.8 Å². The predicted molar refractivity (Wildman–Crippen MR) is 72.1 cm³/mol. The van der Waals surface area contributed by atoms with Crippen LogP contribution in [0.3, 0.4) is 0 Å². The van der Waals surface area contributed by atoms with Crippen molar-refractivity contribution < 1.29 is 27.9 Å². The van der Waals surface area contributed by atoms with E-state index in [4.69, 9.17) is 5.11 Å². The molecule has 2 rings (SSSR count). The molecule has 2 N–H and O–H groups in total. The molecule has 1 aliphatic rings. The Balaban J connectivity index is 1.82. The minimum Gasteiger partial charge on any atom is -0.480 e. The summed E-state index contributed by atoms with van der Waals surface area (Å²) in [6, 6.07) is 4.98. The SMILES string of the molecule is O=C(CCCc1cccc(C(F)(F)F)c1)NC1(C(=O)O)CC1. The van der Waals surface area contributed by atoms with Crippen LogP contribution < -0.4 is 5.32 Å². The van der Waals surface area contributed by atoms with Crippen molar-refractivity contribution in [3.8, 4) is 0 Å². The van der Waals surface area contributed by atoms with Gasteiger partial charge >= 0.3 is 12.1 Å². The fourth-order valence-electron chi connectivity index (χ4n) is 2.20. The summed E-state index contributed by atoms with van der Waals surface area (Å²) in [5.41, 5.74) is -1.33. The lowest BCUT2D eigenvalue weighted by atomic mass is 10.0. The van der Waals surface area contributed by atoms with Gasteiger partial charge in [-0.1, -0.05) is 18.2 Å². The van der Waals surface area contributed by atoms with Crippen molar-refractivity contribution in [2.75, 3.05) is 0 Å². The van der Waals surface area contributed by atoms with Gasteiger partial charge in [-0.15, -0.1) is 0 Å². The smallest absolute Gasteiger partial charge is 0.416 e. The van der Waals surface area contributed by atoms with E-state index >= 15 is 0 Å². The van der Waals surface area contributed by atoms with Crippen LogP contribution in [-0.2, 0) is 22.2 Å². The van der Waals surface area contributed by atoms with Crippen LogP contribution in [-0.4, -0.2) is 22.5 Å². The number of carbonyl (C=O) groups excluding carboxylic acids is 1. The van der Waals surface area contributed by atoms with Gasteiger partial charge < -0.3 is 10.4 Å². The van der Waals surface area contributed by atoms with Gasteiger partial charge in [-0.3, -0.25) is 4.79 Å². The van der Waals surface area contributed by atoms with Gasteiger partial charge in [-0.25, -0.2) is 4.79 Å². The highest BCUT2D eigenvalue weighted by Crippen LogP contribution is 2.35. The third-order valence-electron chi connectivity index (χ3n) is 3.66. The summed E-state index contributed by atoms with van der Waals surface area (Å²) in [4.78, 5) is 22.6. The molecule has 1 aromatic carbocycles. The maximum atomic E-state index is 12.6. The summed E-state index contributed by atoms with van der Waals surface area (Å²) < 4.78 is 37.7. The van der Waals surface area contributed by atoms with Crippen molar-refractivity contribution in [2.24, 2.45) is 0 Å². The van der Waals surface area contributed by atoms with Crippen LogP contribution in [0.25, 0.3) is 0 Å². The Kier molecular flexibility index (Phi) is 4.44. The highest BCUT2D eigenvalue weighted by Gasteiger charge is 2.51. The third-order valence-corrected chi connectivity index (χ3v) is 3.66. The molecule has 22 heavy (non-hydrogen) atoms. The molecule has 0 spiro atoms. The number of aliphatic carboxylic acids is 1. The molecule has 4 nitrogen and oxygen atoms in total. The topological polar surface area (TPSA) is 66.4 Å². The fraction of sp³-hybridized carbons (Fsp3) is 0.467. The number of alkyl halides is 3. The second-order valence-corrected chi connectivity index (χ2v) is 5.49. The van der Waals surface area contributed by atoms with Crippen LogP contribution >= 0.6 is 0 Å². The minimum absolute atomic E-state index is 0.0886. The molecule has 120 valence electrons. The first kappa shape index (κ1) is 16.3. The van der Waals surface area contributed by atoms with Gasteiger partial charge in [0.25, 0.3) is 0 Å². The van der Waals surface area contributed by atoms with Crippen LogP contribution in [0.1, 0.15) is 36.8 Å². The predicted octanol–water partition coefficient (Wildman–Crippen LogP) is 2.76. The van der Waals surface area contributed by atoms with E-state index in [0.717, 1.165) is 12.1 Å². The molecule has 0 aromatic heterocycles. The lowest BCUT2D eigenvalue weighted by Crippen LogP contribution is -2.42. The zero-order valence-electron chi connectivity index (χ0n) is 11.7. The number of carboxylic acid groups (broad SMARTS) is 1. The normalized spacial score (nSPS) is 16.1. The Hall–Kier alpha value is -2.05. The van der Waals surface area contributed by atoms with E-state index in [1.54, 1.807) is 6.07 Å². The Morgan fingerprint density at radius 2 is 1.95 bits per heavy atom. The van der Waals surface area contributed by atoms with Gasteiger partial charge in [-0.05, 0) is 37.3 Å². The molecule has 0 radical (unpaired) electrons. The maximum Gasteiger partial charge on any atom is 0.416 e. The molecule has 0 heterocycles. The number of aryl methyl sites for hydroxylation is 1. The highest BCUT2D eigenvalue weighted by atomic mass is 19.4. The Morgan fingerprint density at radius 1 is 1.27 bits per heavy atom. The zero-order chi connectivity index (χ0) is 16.4. The number of hydrogen-bond donors (Lipinski definition) is 2. The van der Waals surface area contributed by atoms with E-state index in [-0.39, 0.29) is 12.3 Å². The molecule has 0 atom stereocenters. The van der Waals surface area contributed by atoms with E-state index in [1.807, 2.05) is 0 Å². The Labute approximate surface area is 125 Å². The standard InChI is InChI=1S/C15H16F3NO3/c16-15(17,18)11-5-1-3-10(9-11)4-2-6-12(20)19-14(7-8-14)13(21)22/h1,3,5,9H,2,4,6-8H2,(H,19,20)(H,21,22). The van der Waals surface area contributed by atoms with E-state index in [1.165, 1.54) is 6.07 Å². The van der Waals surface area contributed by atoms with Crippen molar-refractivity contribution in [1.82, 2.24) is 5.32 Å². The van der Waals surface area contributed by atoms with Crippen LogP contribution in [0.5, 0.6) is 0 Å². The molecule has 7 heteroatoms. The van der Waals surface area contributed by atoms with Gasteiger partial charge in [0.1, 0.15) is 5.54 Å². The van der Waals surface area contributed by atoms with E-state index in [0.29, 0.717) is 31.2 Å². The molecule has 1 aliphatic carbocycles. The van der Waals surface area contributed by atoms with Crippen molar-refractivity contribution in [1.29, 1.82) is 0 Å². The van der Waals surface area contributed by atoms with Gasteiger partial charge in [-0.2, -0.15) is 13.2 Å². The quantitative estimate of drug-likeness (QED) is 0.848. The summed E-state index contributed by atoms with van der Waals surface area (Å²) >= 11 is 0. The van der Waals surface area contributed by atoms with Gasteiger partial charge in [0.2, 0.25) is 5.91 Å². The molecular weight excluding hydrogens is 299 g/mol. The van der Waals surface area contributed by atoms with Crippen LogP contribution in [0.15, 0.2) is 24.3 Å². The summed E-state index contributed by atoms with van der Waals surface area (Å²) in [6.07, 6.45) is -2.76. The lowest BCUT2D eigenvalue weighted by molar-refractivity contribution is -0.143. The van der Waals surface area contributed by atoms with Crippen molar-refractivity contribution >= 4 is 11.9 Å². The minimum atomic E-state index is -4.38. The highest BCUT2D eigenvalue weighted by molar-refractivity contribution is 5.89. The van der Waals surface area contributed by atoms with Crippen molar-refractivity contribution in [3.63, 3.8) is 0 Å². The molecule has 1 amide bonds.